The summed E-state index contributed by atoms with van der Waals surface area (Å²) in [5, 5.41) is 8.41. The minimum absolute atomic E-state index is 0.187. The van der Waals surface area contributed by atoms with Crippen molar-refractivity contribution in [2.24, 2.45) is 0 Å². The van der Waals surface area contributed by atoms with E-state index >= 15 is 0 Å². The van der Waals surface area contributed by atoms with Crippen LogP contribution in [0.1, 0.15) is 13.8 Å². The molecule has 1 saturated heterocycles. The third kappa shape index (κ3) is 18.0. The molecule has 8 nitrogen and oxygen atoms in total. The zero-order chi connectivity index (χ0) is 19.6. The second-order valence-corrected chi connectivity index (χ2v) is 5.43. The van der Waals surface area contributed by atoms with Gasteiger partial charge < -0.3 is 38.3 Å². The maximum Gasteiger partial charge on any atom is 0.155 e. The number of hydrogen-bond acceptors (Lipinski definition) is 8. The summed E-state index contributed by atoms with van der Waals surface area (Å²) in [5.74, 6) is 0. The van der Waals surface area contributed by atoms with Crippen LogP contribution in [0, 0.1) is 0 Å². The van der Waals surface area contributed by atoms with Crippen molar-refractivity contribution in [3.63, 3.8) is 0 Å². The molecule has 0 aromatic carbocycles. The largest absolute Gasteiger partial charge is 0.376 e. The van der Waals surface area contributed by atoms with Gasteiger partial charge in [-0.15, -0.1) is 13.2 Å². The van der Waals surface area contributed by atoms with E-state index in [-0.39, 0.29) is 25.3 Å². The third-order valence-corrected chi connectivity index (χ3v) is 2.85. The van der Waals surface area contributed by atoms with Crippen molar-refractivity contribution < 1.29 is 38.3 Å². The zero-order valence-corrected chi connectivity index (χ0v) is 16.1. The molecule has 0 radical (unpaired) electrons. The molecule has 0 saturated carbocycles. The first kappa shape index (κ1) is 25.2. The lowest BCUT2D eigenvalue weighted by Crippen LogP contribution is -2.30. The number of ether oxygens (including phenoxy) is 7. The van der Waals surface area contributed by atoms with E-state index in [0.717, 1.165) is 6.61 Å². The molecule has 1 rings (SSSR count). The van der Waals surface area contributed by atoms with Crippen molar-refractivity contribution in [2.75, 3.05) is 53.5 Å². The molecule has 1 heterocycles. The first-order chi connectivity index (χ1) is 12.5. The van der Waals surface area contributed by atoms with Crippen molar-refractivity contribution in [3.8, 4) is 0 Å². The molecule has 26 heavy (non-hydrogen) atoms. The molecule has 0 aromatic heterocycles. The smallest absolute Gasteiger partial charge is 0.155 e. The molecular formula is C18H34O8. The number of aliphatic hydroxyl groups excluding tert-OH is 1. The van der Waals surface area contributed by atoms with Crippen molar-refractivity contribution >= 4 is 0 Å². The number of rotatable bonds is 16. The van der Waals surface area contributed by atoms with Crippen LogP contribution in [0.3, 0.4) is 0 Å². The molecule has 1 aliphatic rings. The molecule has 0 aromatic rings. The Labute approximate surface area is 156 Å². The Kier molecular flexibility index (Phi) is 17.0. The molecule has 0 spiro atoms. The average molecular weight is 378 g/mol. The van der Waals surface area contributed by atoms with Gasteiger partial charge in [-0.05, 0) is 13.8 Å². The third-order valence-electron chi connectivity index (χ3n) is 2.85. The lowest BCUT2D eigenvalue weighted by atomic mass is 10.4. The SMILES string of the molecule is C=CCOC(C)O.C=CCOC(C)OCC(COCC1CO1)OCOC. The van der Waals surface area contributed by atoms with Gasteiger partial charge in [0.25, 0.3) is 0 Å². The van der Waals surface area contributed by atoms with E-state index in [1.807, 2.05) is 6.92 Å². The molecule has 0 aliphatic carbocycles. The molecule has 154 valence electrons. The first-order valence-corrected chi connectivity index (χ1v) is 8.58. The lowest BCUT2D eigenvalue weighted by Gasteiger charge is -2.20. The molecular weight excluding hydrogens is 344 g/mol. The van der Waals surface area contributed by atoms with Crippen LogP contribution in [0.2, 0.25) is 0 Å². The number of epoxide rings is 1. The van der Waals surface area contributed by atoms with E-state index in [9.17, 15) is 0 Å². The fourth-order valence-electron chi connectivity index (χ4n) is 1.51. The van der Waals surface area contributed by atoms with E-state index in [4.69, 9.17) is 33.5 Å². The Morgan fingerprint density at radius 2 is 1.73 bits per heavy atom. The summed E-state index contributed by atoms with van der Waals surface area (Å²) in [5.41, 5.74) is 0. The fraction of sp³-hybridized carbons (Fsp3) is 0.778. The standard InChI is InChI=1S/C13H24O6.C5H10O2/c1-4-5-16-11(2)17-8-13(19-10-14-3)7-15-6-12-9-18-12;1-3-4-7-5(2)6/h4,11-13H,1,5-10H2,2-3H3;3,5-6H,1,4H2,2H3. The maximum absolute atomic E-state index is 8.41. The van der Waals surface area contributed by atoms with Crippen molar-refractivity contribution in [2.45, 2.75) is 38.6 Å². The van der Waals surface area contributed by atoms with Gasteiger partial charge in [0.05, 0.1) is 39.6 Å². The van der Waals surface area contributed by atoms with Crippen LogP contribution in [0.25, 0.3) is 0 Å². The van der Waals surface area contributed by atoms with Gasteiger partial charge in [-0.2, -0.15) is 0 Å². The molecule has 1 N–H and O–H groups in total. The minimum Gasteiger partial charge on any atom is -0.376 e. The lowest BCUT2D eigenvalue weighted by molar-refractivity contribution is -0.172. The Hall–Kier alpha value is -0.840. The average Bonchev–Trinajstić information content (AvgIpc) is 3.44. The predicted molar refractivity (Wildman–Crippen MR) is 96.7 cm³/mol. The molecule has 4 atom stereocenters. The summed E-state index contributed by atoms with van der Waals surface area (Å²) in [4.78, 5) is 0. The topological polar surface area (TPSA) is 88.1 Å². The van der Waals surface area contributed by atoms with Gasteiger partial charge in [-0.3, -0.25) is 0 Å². The Bertz CT molecular complexity index is 333. The fourth-order valence-corrected chi connectivity index (χ4v) is 1.51. The van der Waals surface area contributed by atoms with Gasteiger partial charge in [-0.25, -0.2) is 0 Å². The second-order valence-electron chi connectivity index (χ2n) is 5.43. The summed E-state index contributed by atoms with van der Waals surface area (Å²) < 4.78 is 36.3. The monoisotopic (exact) mass is 378 g/mol. The van der Waals surface area contributed by atoms with Crippen molar-refractivity contribution in [1.82, 2.24) is 0 Å². The molecule has 8 heteroatoms. The highest BCUT2D eigenvalue weighted by atomic mass is 16.7. The van der Waals surface area contributed by atoms with E-state index in [0.29, 0.717) is 33.0 Å². The van der Waals surface area contributed by atoms with Gasteiger partial charge in [0, 0.05) is 7.11 Å². The van der Waals surface area contributed by atoms with E-state index < -0.39 is 6.29 Å². The molecule has 1 aliphatic heterocycles. The predicted octanol–water partition coefficient (Wildman–Crippen LogP) is 1.48. The van der Waals surface area contributed by atoms with E-state index in [1.54, 1.807) is 26.2 Å². The summed E-state index contributed by atoms with van der Waals surface area (Å²) in [6.45, 7) is 13.6. The Morgan fingerprint density at radius 3 is 2.23 bits per heavy atom. The van der Waals surface area contributed by atoms with Gasteiger partial charge in [-0.1, -0.05) is 12.2 Å². The van der Waals surface area contributed by atoms with Gasteiger partial charge in [0.1, 0.15) is 19.0 Å². The van der Waals surface area contributed by atoms with Crippen LogP contribution in [0.15, 0.2) is 25.3 Å². The van der Waals surface area contributed by atoms with Gasteiger partial charge in [0.2, 0.25) is 0 Å². The molecule has 0 bridgehead atoms. The van der Waals surface area contributed by atoms with Gasteiger partial charge in [0.15, 0.2) is 12.6 Å². The maximum atomic E-state index is 8.41. The number of hydrogen-bond donors (Lipinski definition) is 1. The minimum atomic E-state index is -0.669. The number of aliphatic hydroxyl groups is 1. The van der Waals surface area contributed by atoms with Crippen LogP contribution >= 0.6 is 0 Å². The van der Waals surface area contributed by atoms with Gasteiger partial charge >= 0.3 is 0 Å². The summed E-state index contributed by atoms with van der Waals surface area (Å²) in [6, 6.07) is 0. The van der Waals surface area contributed by atoms with Crippen molar-refractivity contribution in [1.29, 1.82) is 0 Å². The molecule has 0 amide bonds. The van der Waals surface area contributed by atoms with E-state index in [1.165, 1.54) is 0 Å². The highest BCUT2D eigenvalue weighted by Crippen LogP contribution is 2.09. The van der Waals surface area contributed by atoms with Crippen LogP contribution in [0.4, 0.5) is 0 Å². The van der Waals surface area contributed by atoms with Crippen LogP contribution in [-0.2, 0) is 33.2 Å². The van der Waals surface area contributed by atoms with Crippen LogP contribution < -0.4 is 0 Å². The summed E-state index contributed by atoms with van der Waals surface area (Å²) in [7, 11) is 1.58. The van der Waals surface area contributed by atoms with Crippen molar-refractivity contribution in [3.05, 3.63) is 25.3 Å². The number of methoxy groups -OCH3 is 1. The molecule has 4 unspecified atom stereocenters. The zero-order valence-electron chi connectivity index (χ0n) is 16.1. The Morgan fingerprint density at radius 1 is 1.08 bits per heavy atom. The second kappa shape index (κ2) is 17.6. The first-order valence-electron chi connectivity index (χ1n) is 8.58. The van der Waals surface area contributed by atoms with Crippen LogP contribution in [-0.4, -0.2) is 83.4 Å². The highest BCUT2D eigenvalue weighted by molar-refractivity contribution is 4.68. The quantitative estimate of drug-likeness (QED) is 0.245. The van der Waals surface area contributed by atoms with Crippen LogP contribution in [0.5, 0.6) is 0 Å². The highest BCUT2D eigenvalue weighted by Gasteiger charge is 2.23. The summed E-state index contributed by atoms with van der Waals surface area (Å²) >= 11 is 0. The summed E-state index contributed by atoms with van der Waals surface area (Å²) in [6.07, 6.45) is 2.35. The van der Waals surface area contributed by atoms with E-state index in [2.05, 4.69) is 17.9 Å². The normalized spacial score (nSPS) is 19.0. The molecule has 1 fully saturated rings. The Balaban J connectivity index is 0.000000758.